The second kappa shape index (κ2) is 8.74. The summed E-state index contributed by atoms with van der Waals surface area (Å²) in [6.45, 7) is 1.86. The van der Waals surface area contributed by atoms with Crippen LogP contribution in [0.5, 0.6) is 11.5 Å². The maximum Gasteiger partial charge on any atom is 0.220 e. The Morgan fingerprint density at radius 2 is 2.10 bits per heavy atom. The Labute approximate surface area is 131 Å². The number of benzene rings is 1. The average Bonchev–Trinajstić information content (AvgIpc) is 2.97. The number of carbonyl (C=O) groups is 1. The van der Waals surface area contributed by atoms with Gasteiger partial charge in [0.15, 0.2) is 11.5 Å². The van der Waals surface area contributed by atoms with Gasteiger partial charge in [0.25, 0.3) is 0 Å². The highest BCUT2D eigenvalue weighted by Gasteiger charge is 2.16. The number of methoxy groups -OCH3 is 2. The highest BCUT2D eigenvalue weighted by molar-refractivity contribution is 5.85. The molecular weight excluding hydrogens is 292 g/mol. The van der Waals surface area contributed by atoms with Gasteiger partial charge in [-0.3, -0.25) is 4.79 Å². The van der Waals surface area contributed by atoms with E-state index in [-0.39, 0.29) is 24.4 Å². The minimum absolute atomic E-state index is 0. The van der Waals surface area contributed by atoms with Crippen LogP contribution < -0.4 is 20.1 Å². The van der Waals surface area contributed by atoms with Gasteiger partial charge in [-0.25, -0.2) is 0 Å². The second-order valence-corrected chi connectivity index (χ2v) is 4.95. The van der Waals surface area contributed by atoms with E-state index < -0.39 is 0 Å². The molecule has 1 aliphatic heterocycles. The van der Waals surface area contributed by atoms with E-state index in [0.29, 0.717) is 24.3 Å². The number of carbonyl (C=O) groups excluding carboxylic acids is 1. The molecule has 1 atom stereocenters. The quantitative estimate of drug-likeness (QED) is 0.836. The lowest BCUT2D eigenvalue weighted by atomic mass is 10.1. The van der Waals surface area contributed by atoms with Crippen LogP contribution in [0.25, 0.3) is 0 Å². The summed E-state index contributed by atoms with van der Waals surface area (Å²) < 4.78 is 10.5. The van der Waals surface area contributed by atoms with Crippen molar-refractivity contribution in [1.29, 1.82) is 0 Å². The van der Waals surface area contributed by atoms with Gasteiger partial charge in [-0.2, -0.15) is 0 Å². The molecule has 2 N–H and O–H groups in total. The molecule has 1 aromatic rings. The van der Waals surface area contributed by atoms with Crippen LogP contribution in [0.1, 0.15) is 18.4 Å². The number of halogens is 1. The van der Waals surface area contributed by atoms with Crippen LogP contribution in [0.15, 0.2) is 18.2 Å². The summed E-state index contributed by atoms with van der Waals surface area (Å²) in [5.74, 6) is 1.51. The lowest BCUT2D eigenvalue weighted by Gasteiger charge is -2.12. The first kappa shape index (κ1) is 17.6. The minimum Gasteiger partial charge on any atom is -0.493 e. The molecule has 1 aliphatic rings. The molecule has 1 unspecified atom stereocenters. The van der Waals surface area contributed by atoms with Gasteiger partial charge < -0.3 is 20.1 Å². The molecule has 0 aliphatic carbocycles. The summed E-state index contributed by atoms with van der Waals surface area (Å²) >= 11 is 0. The average molecular weight is 315 g/mol. The zero-order valence-corrected chi connectivity index (χ0v) is 13.3. The van der Waals surface area contributed by atoms with E-state index in [4.69, 9.17) is 9.47 Å². The number of nitrogens with one attached hydrogen (secondary N) is 2. The molecule has 1 saturated heterocycles. The summed E-state index contributed by atoms with van der Waals surface area (Å²) in [6, 6.07) is 6.04. The molecule has 0 spiro atoms. The van der Waals surface area contributed by atoms with E-state index in [0.717, 1.165) is 25.1 Å². The van der Waals surface area contributed by atoms with Crippen molar-refractivity contribution >= 4 is 18.3 Å². The first-order valence-corrected chi connectivity index (χ1v) is 6.94. The van der Waals surface area contributed by atoms with E-state index >= 15 is 0 Å². The Bertz CT molecular complexity index is 462. The van der Waals surface area contributed by atoms with Crippen LogP contribution in [0.2, 0.25) is 0 Å². The standard InChI is InChI=1S/C15H22N2O3.ClH/c1-19-13-5-3-11(9-14(13)20-2)4-6-15(18)17-12-7-8-16-10-12;/h3,5,9,12,16H,4,6-8,10H2,1-2H3,(H,17,18);1H. The molecule has 0 bridgehead atoms. The smallest absolute Gasteiger partial charge is 0.220 e. The van der Waals surface area contributed by atoms with E-state index in [9.17, 15) is 4.79 Å². The SMILES string of the molecule is COc1ccc(CCC(=O)NC2CCNC2)cc1OC.Cl. The molecule has 21 heavy (non-hydrogen) atoms. The van der Waals surface area contributed by atoms with Crippen LogP contribution in [0, 0.1) is 0 Å². The van der Waals surface area contributed by atoms with Crippen LogP contribution in [0.3, 0.4) is 0 Å². The van der Waals surface area contributed by atoms with Gasteiger partial charge in [0.2, 0.25) is 5.91 Å². The van der Waals surface area contributed by atoms with Crippen LogP contribution in [-0.2, 0) is 11.2 Å². The third-order valence-corrected chi connectivity index (χ3v) is 3.51. The van der Waals surface area contributed by atoms with Crippen molar-refractivity contribution in [3.05, 3.63) is 23.8 Å². The Kier molecular flexibility index (Phi) is 7.32. The van der Waals surface area contributed by atoms with Gasteiger partial charge in [-0.1, -0.05) is 6.07 Å². The van der Waals surface area contributed by atoms with Crippen LogP contribution in [0.4, 0.5) is 0 Å². The molecule has 118 valence electrons. The molecule has 1 heterocycles. The molecule has 0 saturated carbocycles. The maximum absolute atomic E-state index is 11.9. The third kappa shape index (κ3) is 5.10. The summed E-state index contributed by atoms with van der Waals surface area (Å²) in [5.41, 5.74) is 1.07. The third-order valence-electron chi connectivity index (χ3n) is 3.51. The predicted octanol–water partition coefficient (Wildman–Crippen LogP) is 1.54. The predicted molar refractivity (Wildman–Crippen MR) is 84.5 cm³/mol. The van der Waals surface area contributed by atoms with Gasteiger partial charge >= 0.3 is 0 Å². The molecule has 1 aromatic carbocycles. The van der Waals surface area contributed by atoms with Gasteiger partial charge in [0.1, 0.15) is 0 Å². The molecule has 1 amide bonds. The van der Waals surface area contributed by atoms with Crippen molar-refractivity contribution in [3.8, 4) is 11.5 Å². The Morgan fingerprint density at radius 1 is 1.33 bits per heavy atom. The molecule has 0 radical (unpaired) electrons. The van der Waals surface area contributed by atoms with Gasteiger partial charge in [-0.05, 0) is 37.1 Å². The van der Waals surface area contributed by atoms with Gasteiger partial charge in [-0.15, -0.1) is 12.4 Å². The number of amides is 1. The topological polar surface area (TPSA) is 59.6 Å². The highest BCUT2D eigenvalue weighted by atomic mass is 35.5. The fourth-order valence-electron chi connectivity index (χ4n) is 2.37. The number of aryl methyl sites for hydroxylation is 1. The first-order chi connectivity index (χ1) is 9.72. The summed E-state index contributed by atoms with van der Waals surface area (Å²) in [6.07, 6.45) is 2.21. The molecule has 2 rings (SSSR count). The monoisotopic (exact) mass is 314 g/mol. The van der Waals surface area contributed by atoms with E-state index in [1.54, 1.807) is 14.2 Å². The summed E-state index contributed by atoms with van der Waals surface area (Å²) in [7, 11) is 3.22. The number of ether oxygens (including phenoxy) is 2. The van der Waals surface area contributed by atoms with E-state index in [1.165, 1.54) is 0 Å². The molecule has 6 heteroatoms. The zero-order valence-electron chi connectivity index (χ0n) is 12.5. The fraction of sp³-hybridized carbons (Fsp3) is 0.533. The van der Waals surface area contributed by atoms with Crippen molar-refractivity contribution in [1.82, 2.24) is 10.6 Å². The van der Waals surface area contributed by atoms with Crippen molar-refractivity contribution in [2.75, 3.05) is 27.3 Å². The van der Waals surface area contributed by atoms with Crippen molar-refractivity contribution in [2.45, 2.75) is 25.3 Å². The number of hydrogen-bond donors (Lipinski definition) is 2. The van der Waals surface area contributed by atoms with Gasteiger partial charge in [0, 0.05) is 19.0 Å². The normalized spacial score (nSPS) is 17.0. The lowest BCUT2D eigenvalue weighted by Crippen LogP contribution is -2.36. The zero-order chi connectivity index (χ0) is 14.4. The molecule has 1 fully saturated rings. The van der Waals surface area contributed by atoms with Crippen molar-refractivity contribution in [3.63, 3.8) is 0 Å². The first-order valence-electron chi connectivity index (χ1n) is 6.94. The largest absolute Gasteiger partial charge is 0.493 e. The Morgan fingerprint density at radius 3 is 2.71 bits per heavy atom. The Balaban J connectivity index is 0.00000220. The highest BCUT2D eigenvalue weighted by Crippen LogP contribution is 2.27. The molecule has 5 nitrogen and oxygen atoms in total. The molecular formula is C15H23ClN2O3. The van der Waals surface area contributed by atoms with Crippen molar-refractivity contribution in [2.24, 2.45) is 0 Å². The van der Waals surface area contributed by atoms with Crippen LogP contribution in [-0.4, -0.2) is 39.3 Å². The fourth-order valence-corrected chi connectivity index (χ4v) is 2.37. The Hall–Kier alpha value is -1.46. The number of hydrogen-bond acceptors (Lipinski definition) is 4. The molecule has 0 aromatic heterocycles. The maximum atomic E-state index is 11.9. The summed E-state index contributed by atoms with van der Waals surface area (Å²) in [4.78, 5) is 11.9. The van der Waals surface area contributed by atoms with Crippen molar-refractivity contribution < 1.29 is 14.3 Å². The van der Waals surface area contributed by atoms with E-state index in [1.807, 2.05) is 18.2 Å². The summed E-state index contributed by atoms with van der Waals surface area (Å²) in [5, 5.41) is 6.28. The minimum atomic E-state index is 0. The van der Waals surface area contributed by atoms with E-state index in [2.05, 4.69) is 10.6 Å². The van der Waals surface area contributed by atoms with Crippen LogP contribution >= 0.6 is 12.4 Å². The number of rotatable bonds is 6. The van der Waals surface area contributed by atoms with Gasteiger partial charge in [0.05, 0.1) is 14.2 Å². The lowest BCUT2D eigenvalue weighted by molar-refractivity contribution is -0.121. The second-order valence-electron chi connectivity index (χ2n) is 4.95.